The van der Waals surface area contributed by atoms with Gasteiger partial charge in [0.2, 0.25) is 5.82 Å². The Morgan fingerprint density at radius 1 is 1.29 bits per heavy atom. The Hall–Kier alpha value is -2.37. The number of hydrogen-bond acceptors (Lipinski definition) is 4. The summed E-state index contributed by atoms with van der Waals surface area (Å²) in [5, 5.41) is 18.5. The van der Waals surface area contributed by atoms with Crippen LogP contribution in [0.15, 0.2) is 23.0 Å². The number of phenols is 2. The molecule has 0 aliphatic heterocycles. The van der Waals surface area contributed by atoms with Gasteiger partial charge in [-0.3, -0.25) is 4.79 Å². The van der Waals surface area contributed by atoms with Crippen molar-refractivity contribution >= 4 is 0 Å². The molecule has 0 fully saturated rings. The highest BCUT2D eigenvalue weighted by Gasteiger charge is 2.10. The number of H-pyrrole nitrogens is 1. The van der Waals surface area contributed by atoms with E-state index in [1.807, 2.05) is 0 Å². The summed E-state index contributed by atoms with van der Waals surface area (Å²) in [7, 11) is 0. The SMILES string of the molecule is Cc1nc(-c2ccc(O)c(O)c2)[nH]c(=O)c1F. The van der Waals surface area contributed by atoms with Gasteiger partial charge in [0.1, 0.15) is 5.82 Å². The molecule has 3 N–H and O–H groups in total. The third-order valence-corrected chi connectivity index (χ3v) is 2.28. The number of aromatic amines is 1. The van der Waals surface area contributed by atoms with Crippen molar-refractivity contribution in [3.8, 4) is 22.9 Å². The van der Waals surface area contributed by atoms with Crippen molar-refractivity contribution in [2.75, 3.05) is 0 Å². The first-order valence-corrected chi connectivity index (χ1v) is 4.78. The number of phenolic OH excluding ortho intramolecular Hbond substituents is 2. The summed E-state index contributed by atoms with van der Waals surface area (Å²) in [6.45, 7) is 1.37. The monoisotopic (exact) mass is 236 g/mol. The number of aromatic nitrogens is 2. The zero-order valence-electron chi connectivity index (χ0n) is 8.86. The fourth-order valence-electron chi connectivity index (χ4n) is 1.38. The first-order chi connectivity index (χ1) is 7.99. The zero-order valence-corrected chi connectivity index (χ0v) is 8.86. The van der Waals surface area contributed by atoms with E-state index in [1.54, 1.807) is 0 Å². The van der Waals surface area contributed by atoms with Gasteiger partial charge in [0.25, 0.3) is 5.56 Å². The van der Waals surface area contributed by atoms with E-state index in [9.17, 15) is 14.3 Å². The maximum absolute atomic E-state index is 13.1. The molecule has 0 atom stereocenters. The number of hydrogen-bond donors (Lipinski definition) is 3. The van der Waals surface area contributed by atoms with Crippen LogP contribution in [0.5, 0.6) is 11.5 Å². The highest BCUT2D eigenvalue weighted by molar-refractivity contribution is 5.60. The van der Waals surface area contributed by atoms with E-state index in [0.717, 1.165) is 0 Å². The molecule has 2 aromatic rings. The van der Waals surface area contributed by atoms with Gasteiger partial charge in [-0.1, -0.05) is 0 Å². The molecule has 0 unspecified atom stereocenters. The smallest absolute Gasteiger partial charge is 0.287 e. The number of halogens is 1. The van der Waals surface area contributed by atoms with Crippen LogP contribution >= 0.6 is 0 Å². The number of benzene rings is 1. The number of nitrogens with zero attached hydrogens (tertiary/aromatic N) is 1. The Kier molecular flexibility index (Phi) is 2.55. The minimum Gasteiger partial charge on any atom is -0.504 e. The fraction of sp³-hybridized carbons (Fsp3) is 0.0909. The van der Waals surface area contributed by atoms with E-state index in [4.69, 9.17) is 5.11 Å². The molecule has 0 aliphatic rings. The molecule has 0 saturated carbocycles. The van der Waals surface area contributed by atoms with Gasteiger partial charge in [-0.25, -0.2) is 4.98 Å². The molecule has 1 heterocycles. The van der Waals surface area contributed by atoms with Gasteiger partial charge in [-0.15, -0.1) is 0 Å². The molecule has 0 amide bonds. The molecule has 0 bridgehead atoms. The first-order valence-electron chi connectivity index (χ1n) is 4.78. The molecule has 0 aliphatic carbocycles. The van der Waals surface area contributed by atoms with Gasteiger partial charge < -0.3 is 15.2 Å². The van der Waals surface area contributed by atoms with Crippen LogP contribution in [0.1, 0.15) is 5.69 Å². The van der Waals surface area contributed by atoms with Gasteiger partial charge in [0.15, 0.2) is 11.5 Å². The molecule has 0 radical (unpaired) electrons. The van der Waals surface area contributed by atoms with Gasteiger partial charge in [-0.05, 0) is 25.1 Å². The predicted octanol–water partition coefficient (Wildman–Crippen LogP) is 1.30. The summed E-state index contributed by atoms with van der Waals surface area (Å²) >= 11 is 0. The molecule has 1 aromatic heterocycles. The Balaban J connectivity index is 2.61. The van der Waals surface area contributed by atoms with Crippen molar-refractivity contribution in [2.45, 2.75) is 6.92 Å². The standard InChI is InChI=1S/C11H9FN2O3/c1-5-9(12)11(17)14-10(13-5)6-2-3-7(15)8(16)4-6/h2-4,15-16H,1H3,(H,13,14,17). The molecule has 1 aromatic carbocycles. The summed E-state index contributed by atoms with van der Waals surface area (Å²) < 4.78 is 13.1. The maximum Gasteiger partial charge on any atom is 0.287 e. The van der Waals surface area contributed by atoms with Crippen LogP contribution in [-0.4, -0.2) is 20.2 Å². The lowest BCUT2D eigenvalue weighted by atomic mass is 10.2. The molecule has 0 saturated heterocycles. The molecular formula is C11H9FN2O3. The van der Waals surface area contributed by atoms with E-state index in [2.05, 4.69) is 9.97 Å². The molecule has 2 rings (SSSR count). The minimum atomic E-state index is -0.934. The van der Waals surface area contributed by atoms with E-state index < -0.39 is 11.4 Å². The van der Waals surface area contributed by atoms with Crippen LogP contribution in [0.2, 0.25) is 0 Å². The van der Waals surface area contributed by atoms with Gasteiger partial charge in [-0.2, -0.15) is 4.39 Å². The van der Waals surface area contributed by atoms with Gasteiger partial charge >= 0.3 is 0 Å². The summed E-state index contributed by atoms with van der Waals surface area (Å²) in [4.78, 5) is 17.3. The summed E-state index contributed by atoms with van der Waals surface area (Å²) in [5.74, 6) is -1.43. The zero-order chi connectivity index (χ0) is 12.6. The van der Waals surface area contributed by atoms with Crippen LogP contribution in [-0.2, 0) is 0 Å². The Morgan fingerprint density at radius 3 is 2.59 bits per heavy atom. The molecule has 88 valence electrons. The lowest BCUT2D eigenvalue weighted by Crippen LogP contribution is -2.15. The normalized spacial score (nSPS) is 10.5. The lowest BCUT2D eigenvalue weighted by Gasteiger charge is -2.04. The third-order valence-electron chi connectivity index (χ3n) is 2.28. The minimum absolute atomic E-state index is 0.0312. The average molecular weight is 236 g/mol. The van der Waals surface area contributed by atoms with Gasteiger partial charge in [0, 0.05) is 5.56 Å². The van der Waals surface area contributed by atoms with Crippen molar-refractivity contribution in [3.05, 3.63) is 40.1 Å². The van der Waals surface area contributed by atoms with Gasteiger partial charge in [0.05, 0.1) is 5.69 Å². The summed E-state index contributed by atoms with van der Waals surface area (Å²) in [6.07, 6.45) is 0. The highest BCUT2D eigenvalue weighted by atomic mass is 19.1. The molecule has 5 nitrogen and oxygen atoms in total. The maximum atomic E-state index is 13.1. The van der Waals surface area contributed by atoms with Crippen LogP contribution in [0.4, 0.5) is 4.39 Å². The Bertz CT molecular complexity index is 637. The highest BCUT2D eigenvalue weighted by Crippen LogP contribution is 2.28. The van der Waals surface area contributed by atoms with Crippen molar-refractivity contribution in [1.29, 1.82) is 0 Å². The Morgan fingerprint density at radius 2 is 2.00 bits per heavy atom. The lowest BCUT2D eigenvalue weighted by molar-refractivity contribution is 0.404. The molecule has 0 spiro atoms. The number of aryl methyl sites for hydroxylation is 1. The van der Waals surface area contributed by atoms with Crippen molar-refractivity contribution < 1.29 is 14.6 Å². The van der Waals surface area contributed by atoms with Crippen LogP contribution in [0.3, 0.4) is 0 Å². The largest absolute Gasteiger partial charge is 0.504 e. The van der Waals surface area contributed by atoms with E-state index >= 15 is 0 Å². The topological polar surface area (TPSA) is 86.2 Å². The number of aromatic hydroxyl groups is 2. The van der Waals surface area contributed by atoms with Crippen LogP contribution in [0, 0.1) is 12.7 Å². The summed E-state index contributed by atoms with van der Waals surface area (Å²) in [6, 6.07) is 3.93. The summed E-state index contributed by atoms with van der Waals surface area (Å²) in [5.41, 5.74) is -0.531. The van der Waals surface area contributed by atoms with Crippen molar-refractivity contribution in [3.63, 3.8) is 0 Å². The quantitative estimate of drug-likeness (QED) is 0.651. The molecular weight excluding hydrogens is 227 g/mol. The second kappa shape index (κ2) is 3.89. The van der Waals surface area contributed by atoms with Crippen molar-refractivity contribution in [1.82, 2.24) is 9.97 Å². The Labute approximate surface area is 95.2 Å². The van der Waals surface area contributed by atoms with Crippen LogP contribution in [0.25, 0.3) is 11.4 Å². The second-order valence-electron chi connectivity index (χ2n) is 3.52. The van der Waals surface area contributed by atoms with E-state index in [0.29, 0.717) is 5.56 Å². The van der Waals surface area contributed by atoms with Crippen molar-refractivity contribution in [2.24, 2.45) is 0 Å². The first kappa shape index (κ1) is 11.1. The predicted molar refractivity (Wildman–Crippen MR) is 58.3 cm³/mol. The number of rotatable bonds is 1. The fourth-order valence-corrected chi connectivity index (χ4v) is 1.38. The van der Waals surface area contributed by atoms with E-state index in [-0.39, 0.29) is 23.0 Å². The molecule has 17 heavy (non-hydrogen) atoms. The third kappa shape index (κ3) is 1.96. The molecule has 6 heteroatoms. The number of nitrogens with one attached hydrogen (secondary N) is 1. The second-order valence-corrected chi connectivity index (χ2v) is 3.52. The average Bonchev–Trinajstić information content (AvgIpc) is 2.29. The van der Waals surface area contributed by atoms with E-state index in [1.165, 1.54) is 25.1 Å². The van der Waals surface area contributed by atoms with Crippen LogP contribution < -0.4 is 5.56 Å².